The first-order valence-electron chi connectivity index (χ1n) is 11.0. The van der Waals surface area contributed by atoms with Crippen molar-refractivity contribution in [2.24, 2.45) is 7.05 Å². The largest absolute Gasteiger partial charge is 0.370 e. The summed E-state index contributed by atoms with van der Waals surface area (Å²) in [5.74, 6) is 0.732. The van der Waals surface area contributed by atoms with E-state index in [1.54, 1.807) is 7.05 Å². The van der Waals surface area contributed by atoms with Crippen LogP contribution >= 0.6 is 0 Å². The first-order chi connectivity index (χ1) is 15.0. The highest BCUT2D eigenvalue weighted by Gasteiger charge is 2.27. The van der Waals surface area contributed by atoms with Crippen LogP contribution in [0, 0.1) is 6.92 Å². The summed E-state index contributed by atoms with van der Waals surface area (Å²) in [7, 11) is 1.71. The van der Waals surface area contributed by atoms with Crippen LogP contribution in [0.15, 0.2) is 33.9 Å². The van der Waals surface area contributed by atoms with Crippen LogP contribution in [0.25, 0.3) is 11.2 Å². The van der Waals surface area contributed by atoms with Gasteiger partial charge in [0.25, 0.3) is 5.56 Å². The molecule has 4 heterocycles. The summed E-state index contributed by atoms with van der Waals surface area (Å²) in [5, 5.41) is 0. The Morgan fingerprint density at radius 3 is 2.74 bits per heavy atom. The molecule has 31 heavy (non-hydrogen) atoms. The molecule has 0 spiro atoms. The number of rotatable bonds is 4. The number of hydrogen-bond donors (Lipinski definition) is 1. The minimum atomic E-state index is -0.303. The fourth-order valence-electron chi connectivity index (χ4n) is 4.68. The zero-order valence-electron chi connectivity index (χ0n) is 18.1. The number of benzene rings is 1. The van der Waals surface area contributed by atoms with Crippen LogP contribution < -0.4 is 21.0 Å². The van der Waals surface area contributed by atoms with E-state index >= 15 is 0 Å². The Labute approximate surface area is 180 Å². The first kappa shape index (κ1) is 20.0. The number of ether oxygens (including phenoxy) is 1. The van der Waals surface area contributed by atoms with Crippen LogP contribution in [0.2, 0.25) is 0 Å². The molecule has 0 saturated carbocycles. The van der Waals surface area contributed by atoms with E-state index in [0.29, 0.717) is 17.7 Å². The second kappa shape index (κ2) is 7.97. The van der Waals surface area contributed by atoms with E-state index < -0.39 is 0 Å². The highest BCUT2D eigenvalue weighted by atomic mass is 16.5. The molecule has 5 rings (SSSR count). The van der Waals surface area contributed by atoms with Crippen LogP contribution in [0.4, 0.5) is 11.6 Å². The maximum absolute atomic E-state index is 13.4. The standard InChI is InChI=1S/C22H28N6O3/c1-16-5-3-6-17(15-16)26-7-4-8-27-18-19(23-21(26)27)24(2)22(30)28(20(18)29)10-9-25-11-13-31-14-12-25/h3,5-6,15H,4,7-14H2,1-2H3/p+1. The SMILES string of the molecule is Cc1cccc(N2CCCn3c2nc2c3c(=O)n(CC[NH+]3CCOCC3)c(=O)n2C)c1. The molecule has 3 aromatic rings. The molecule has 2 aliphatic heterocycles. The number of aromatic nitrogens is 4. The molecule has 9 nitrogen and oxygen atoms in total. The van der Waals surface area contributed by atoms with Gasteiger partial charge in [-0.2, -0.15) is 4.98 Å². The number of nitrogens with zero attached hydrogens (tertiary/aromatic N) is 5. The molecule has 164 valence electrons. The van der Waals surface area contributed by atoms with Crippen molar-refractivity contribution in [3.8, 4) is 0 Å². The maximum Gasteiger partial charge on any atom is 0.332 e. The Balaban J connectivity index is 1.58. The molecule has 0 aliphatic carbocycles. The molecular weight excluding hydrogens is 396 g/mol. The molecule has 1 N–H and O–H groups in total. The van der Waals surface area contributed by atoms with Crippen LogP contribution in [0.1, 0.15) is 12.0 Å². The fraction of sp³-hybridized carbons (Fsp3) is 0.500. The van der Waals surface area contributed by atoms with Crippen molar-refractivity contribution in [2.75, 3.05) is 44.3 Å². The number of anilines is 2. The molecule has 1 saturated heterocycles. The smallest absolute Gasteiger partial charge is 0.332 e. The highest BCUT2D eigenvalue weighted by Crippen LogP contribution is 2.31. The van der Waals surface area contributed by atoms with Crippen LogP contribution in [-0.4, -0.2) is 58.1 Å². The molecule has 2 aromatic heterocycles. The average Bonchev–Trinajstić information content (AvgIpc) is 3.18. The van der Waals surface area contributed by atoms with Crippen molar-refractivity contribution >= 4 is 22.8 Å². The van der Waals surface area contributed by atoms with Gasteiger partial charge in [0, 0.05) is 25.8 Å². The number of morpholine rings is 1. The van der Waals surface area contributed by atoms with Crippen molar-refractivity contribution in [3.05, 3.63) is 50.7 Å². The lowest BCUT2D eigenvalue weighted by molar-refractivity contribution is -0.908. The van der Waals surface area contributed by atoms with E-state index in [0.717, 1.165) is 64.0 Å². The van der Waals surface area contributed by atoms with Crippen LogP contribution in [0.5, 0.6) is 0 Å². The second-order valence-electron chi connectivity index (χ2n) is 8.49. The van der Waals surface area contributed by atoms with E-state index in [4.69, 9.17) is 9.72 Å². The van der Waals surface area contributed by atoms with Crippen LogP contribution in [0.3, 0.4) is 0 Å². The molecule has 1 aromatic carbocycles. The van der Waals surface area contributed by atoms with Crippen molar-refractivity contribution in [3.63, 3.8) is 0 Å². The molecule has 0 atom stereocenters. The molecule has 0 bridgehead atoms. The summed E-state index contributed by atoms with van der Waals surface area (Å²) in [5.41, 5.74) is 2.66. The van der Waals surface area contributed by atoms with Crippen LogP contribution in [-0.2, 0) is 24.9 Å². The van der Waals surface area contributed by atoms with E-state index in [2.05, 4.69) is 30.0 Å². The van der Waals surface area contributed by atoms with Gasteiger partial charge >= 0.3 is 5.69 Å². The summed E-state index contributed by atoms with van der Waals surface area (Å²) in [4.78, 5) is 34.7. The normalized spacial score (nSPS) is 17.3. The number of aryl methyl sites for hydroxylation is 3. The van der Waals surface area contributed by atoms with Gasteiger partial charge in [0.1, 0.15) is 13.1 Å². The predicted octanol–water partition coefficient (Wildman–Crippen LogP) is -0.338. The monoisotopic (exact) mass is 425 g/mol. The molecule has 0 unspecified atom stereocenters. The molecule has 0 radical (unpaired) electrons. The number of imidazole rings is 1. The third-order valence-corrected chi connectivity index (χ3v) is 6.42. The van der Waals surface area contributed by atoms with E-state index in [9.17, 15) is 9.59 Å². The Morgan fingerprint density at radius 1 is 1.16 bits per heavy atom. The molecule has 0 amide bonds. The summed E-state index contributed by atoms with van der Waals surface area (Å²) >= 11 is 0. The van der Waals surface area contributed by atoms with Gasteiger partial charge in [-0.1, -0.05) is 12.1 Å². The van der Waals surface area contributed by atoms with Crippen molar-refractivity contribution in [2.45, 2.75) is 26.4 Å². The Kier molecular flexibility index (Phi) is 5.15. The Bertz CT molecular complexity index is 1230. The molecule has 9 heteroatoms. The maximum atomic E-state index is 13.4. The lowest BCUT2D eigenvalue weighted by atomic mass is 10.2. The average molecular weight is 426 g/mol. The van der Waals surface area contributed by atoms with Gasteiger partial charge in [-0.25, -0.2) is 4.79 Å². The third-order valence-electron chi connectivity index (χ3n) is 6.42. The fourth-order valence-corrected chi connectivity index (χ4v) is 4.68. The van der Waals surface area contributed by atoms with Gasteiger partial charge < -0.3 is 19.1 Å². The Hall–Kier alpha value is -2.91. The van der Waals surface area contributed by atoms with Gasteiger partial charge in [0.15, 0.2) is 11.2 Å². The molecule has 2 aliphatic rings. The van der Waals surface area contributed by atoms with Crippen molar-refractivity contribution in [1.82, 2.24) is 18.7 Å². The lowest BCUT2D eigenvalue weighted by Crippen LogP contribution is -3.14. The van der Waals surface area contributed by atoms with Gasteiger partial charge in [-0.15, -0.1) is 0 Å². The topological polar surface area (TPSA) is 78.7 Å². The second-order valence-corrected chi connectivity index (χ2v) is 8.49. The first-order valence-corrected chi connectivity index (χ1v) is 11.0. The van der Waals surface area contributed by atoms with Gasteiger partial charge in [0.2, 0.25) is 5.95 Å². The van der Waals surface area contributed by atoms with E-state index in [1.165, 1.54) is 19.6 Å². The third kappa shape index (κ3) is 3.47. The highest BCUT2D eigenvalue weighted by molar-refractivity contribution is 5.77. The van der Waals surface area contributed by atoms with Gasteiger partial charge in [-0.05, 0) is 31.0 Å². The minimum absolute atomic E-state index is 0.240. The number of nitrogens with one attached hydrogen (secondary N) is 1. The van der Waals surface area contributed by atoms with Crippen molar-refractivity contribution < 1.29 is 9.64 Å². The number of quaternary nitrogens is 1. The lowest BCUT2D eigenvalue weighted by Gasteiger charge is -2.29. The van der Waals surface area contributed by atoms with Crippen molar-refractivity contribution in [1.29, 1.82) is 0 Å². The van der Waals surface area contributed by atoms with E-state index in [1.807, 2.05) is 10.6 Å². The number of fused-ring (bicyclic) bond motifs is 3. The zero-order chi connectivity index (χ0) is 21.5. The summed E-state index contributed by atoms with van der Waals surface area (Å²) in [6.07, 6.45) is 0.909. The Morgan fingerprint density at radius 2 is 1.97 bits per heavy atom. The summed E-state index contributed by atoms with van der Waals surface area (Å²) in [6, 6.07) is 8.28. The summed E-state index contributed by atoms with van der Waals surface area (Å²) < 4.78 is 10.3. The van der Waals surface area contributed by atoms with Gasteiger partial charge in [-0.3, -0.25) is 13.9 Å². The number of hydrogen-bond acceptors (Lipinski definition) is 5. The summed E-state index contributed by atoms with van der Waals surface area (Å²) in [6.45, 7) is 8.02. The molecule has 1 fully saturated rings. The quantitative estimate of drug-likeness (QED) is 0.619. The predicted molar refractivity (Wildman–Crippen MR) is 118 cm³/mol. The zero-order valence-corrected chi connectivity index (χ0v) is 18.1. The van der Waals surface area contributed by atoms with Gasteiger partial charge in [0.05, 0.1) is 26.3 Å². The van der Waals surface area contributed by atoms with E-state index in [-0.39, 0.29) is 11.2 Å². The minimum Gasteiger partial charge on any atom is -0.370 e. The molecular formula is C22H29N6O3+.